The predicted molar refractivity (Wildman–Crippen MR) is 123 cm³/mol. The fourth-order valence-corrected chi connectivity index (χ4v) is 4.07. The largest absolute Gasteiger partial charge is 0.497 e. The molecule has 1 aromatic heterocycles. The normalized spacial score (nSPS) is 14.5. The molecule has 10 nitrogen and oxygen atoms in total. The number of fused-ring (bicyclic) bond motifs is 1. The van der Waals surface area contributed by atoms with Gasteiger partial charge in [0.15, 0.2) is 11.5 Å². The second kappa shape index (κ2) is 9.15. The Morgan fingerprint density at radius 2 is 1.62 bits per heavy atom. The van der Waals surface area contributed by atoms with E-state index in [1.54, 1.807) is 44.6 Å². The first-order valence-electron chi connectivity index (χ1n) is 10.2. The number of hydrogen-bond acceptors (Lipinski definition) is 9. The molecule has 1 aliphatic heterocycles. The van der Waals surface area contributed by atoms with Gasteiger partial charge in [-0.05, 0) is 30.3 Å². The Morgan fingerprint density at radius 3 is 2.18 bits per heavy atom. The molecule has 34 heavy (non-hydrogen) atoms. The molecular formula is C24H24N4O6. The first kappa shape index (κ1) is 22.7. The molecule has 2 heterocycles. The number of methoxy groups -OCH3 is 5. The second-order valence-electron chi connectivity index (χ2n) is 7.26. The van der Waals surface area contributed by atoms with Gasteiger partial charge >= 0.3 is 0 Å². The van der Waals surface area contributed by atoms with Gasteiger partial charge in [0, 0.05) is 11.1 Å². The van der Waals surface area contributed by atoms with Gasteiger partial charge in [-0.25, -0.2) is 0 Å². The topological polar surface area (TPSA) is 134 Å². The average Bonchev–Trinajstić information content (AvgIpc) is 3.29. The summed E-state index contributed by atoms with van der Waals surface area (Å²) in [6, 6.07) is 11.1. The first-order chi connectivity index (χ1) is 16.5. The van der Waals surface area contributed by atoms with Gasteiger partial charge in [-0.3, -0.25) is 5.10 Å². The van der Waals surface area contributed by atoms with Gasteiger partial charge in [-0.1, -0.05) is 0 Å². The Morgan fingerprint density at radius 1 is 0.941 bits per heavy atom. The van der Waals surface area contributed by atoms with E-state index in [-0.39, 0.29) is 17.3 Å². The van der Waals surface area contributed by atoms with E-state index in [0.717, 1.165) is 0 Å². The van der Waals surface area contributed by atoms with Crippen LogP contribution in [0.4, 0.5) is 0 Å². The highest BCUT2D eigenvalue weighted by molar-refractivity contribution is 5.75. The van der Waals surface area contributed by atoms with Crippen molar-refractivity contribution in [3.8, 4) is 52.0 Å². The van der Waals surface area contributed by atoms with Gasteiger partial charge in [0.2, 0.25) is 17.5 Å². The number of allylic oxidation sites excluding steroid dienone is 1. The average molecular weight is 464 g/mol. The lowest BCUT2D eigenvalue weighted by molar-refractivity contribution is 0.324. The van der Waals surface area contributed by atoms with Gasteiger partial charge < -0.3 is 34.2 Å². The zero-order chi connectivity index (χ0) is 24.4. The summed E-state index contributed by atoms with van der Waals surface area (Å²) in [4.78, 5) is 0. The molecule has 0 saturated carbocycles. The van der Waals surface area contributed by atoms with Crippen LogP contribution in [-0.4, -0.2) is 45.7 Å². The van der Waals surface area contributed by atoms with Crippen molar-refractivity contribution in [3.05, 3.63) is 52.9 Å². The molecule has 10 heteroatoms. The quantitative estimate of drug-likeness (QED) is 0.540. The van der Waals surface area contributed by atoms with Crippen molar-refractivity contribution in [3.63, 3.8) is 0 Å². The number of nitrogens with one attached hydrogen (secondary N) is 1. The number of hydrogen-bond donors (Lipinski definition) is 2. The number of H-pyrrole nitrogens is 1. The highest BCUT2D eigenvalue weighted by atomic mass is 16.5. The van der Waals surface area contributed by atoms with E-state index in [1.165, 1.54) is 21.3 Å². The van der Waals surface area contributed by atoms with Crippen molar-refractivity contribution in [2.45, 2.75) is 5.92 Å². The number of nitrogens with zero attached hydrogens (tertiary/aromatic N) is 2. The van der Waals surface area contributed by atoms with Crippen LogP contribution in [0.1, 0.15) is 17.0 Å². The Kier molecular flexibility index (Phi) is 6.10. The van der Waals surface area contributed by atoms with Gasteiger partial charge in [0.05, 0.1) is 52.7 Å². The second-order valence-corrected chi connectivity index (χ2v) is 7.26. The number of ether oxygens (including phenoxy) is 6. The molecule has 0 saturated heterocycles. The van der Waals surface area contributed by atoms with Crippen molar-refractivity contribution in [2.24, 2.45) is 5.73 Å². The molecule has 2 aromatic carbocycles. The minimum atomic E-state index is -0.647. The van der Waals surface area contributed by atoms with Crippen LogP contribution in [0.3, 0.4) is 0 Å². The number of nitrogens with two attached hydrogens (primary N) is 1. The fraction of sp³-hybridized carbons (Fsp3) is 0.250. The van der Waals surface area contributed by atoms with Crippen LogP contribution >= 0.6 is 0 Å². The van der Waals surface area contributed by atoms with E-state index in [1.807, 2.05) is 0 Å². The molecule has 4 rings (SSSR count). The maximum atomic E-state index is 10.0. The molecule has 0 radical (unpaired) electrons. The summed E-state index contributed by atoms with van der Waals surface area (Å²) in [5, 5.41) is 17.4. The third-order valence-corrected chi connectivity index (χ3v) is 5.64. The molecule has 3 aromatic rings. The molecule has 3 N–H and O–H groups in total. The smallest absolute Gasteiger partial charge is 0.244 e. The van der Waals surface area contributed by atoms with Crippen LogP contribution in [0.2, 0.25) is 0 Å². The number of aromatic nitrogens is 2. The number of nitriles is 1. The Labute approximate surface area is 196 Å². The third-order valence-electron chi connectivity index (χ3n) is 5.64. The number of aromatic amines is 1. The molecule has 0 aliphatic carbocycles. The molecule has 0 spiro atoms. The summed E-state index contributed by atoms with van der Waals surface area (Å²) < 4.78 is 33.2. The standard InChI is InChI=1S/C24H24N4O6/c1-29-13-6-7-16(30-2)14(10-13)19-15(11-25)23(26)34-24-20(19)21(27-28-24)12-8-17(31-3)22(33-5)18(9-12)32-4/h6-10,19H,26H2,1-5H3,(H,27,28)/t19-/m0/s1. The molecule has 0 unspecified atom stereocenters. The van der Waals surface area contributed by atoms with Crippen molar-refractivity contribution in [2.75, 3.05) is 35.5 Å². The summed E-state index contributed by atoms with van der Waals surface area (Å²) in [5.41, 5.74) is 8.88. The van der Waals surface area contributed by atoms with E-state index >= 15 is 0 Å². The van der Waals surface area contributed by atoms with Crippen molar-refractivity contribution in [1.29, 1.82) is 5.26 Å². The first-order valence-corrected chi connectivity index (χ1v) is 10.2. The van der Waals surface area contributed by atoms with E-state index in [9.17, 15) is 5.26 Å². The number of rotatable bonds is 7. The minimum absolute atomic E-state index is 0.0344. The highest BCUT2D eigenvalue weighted by Crippen LogP contribution is 2.50. The molecule has 0 amide bonds. The van der Waals surface area contributed by atoms with Crippen LogP contribution < -0.4 is 34.2 Å². The summed E-state index contributed by atoms with van der Waals surface area (Å²) in [6.07, 6.45) is 0. The Bertz CT molecular complexity index is 1280. The molecule has 1 aliphatic rings. The third kappa shape index (κ3) is 3.57. The van der Waals surface area contributed by atoms with Gasteiger partial charge in [0.1, 0.15) is 23.1 Å². The maximum Gasteiger partial charge on any atom is 0.244 e. The Hall–Kier alpha value is -4.52. The zero-order valence-electron chi connectivity index (χ0n) is 19.4. The van der Waals surface area contributed by atoms with Crippen LogP contribution in [0.25, 0.3) is 11.3 Å². The molecule has 176 valence electrons. The zero-order valence-corrected chi connectivity index (χ0v) is 19.4. The van der Waals surface area contributed by atoms with Crippen LogP contribution in [0, 0.1) is 11.3 Å². The van der Waals surface area contributed by atoms with E-state index in [0.29, 0.717) is 51.1 Å². The summed E-state index contributed by atoms with van der Waals surface area (Å²) >= 11 is 0. The van der Waals surface area contributed by atoms with Crippen LogP contribution in [0.5, 0.6) is 34.6 Å². The van der Waals surface area contributed by atoms with E-state index in [4.69, 9.17) is 34.2 Å². The fourth-order valence-electron chi connectivity index (χ4n) is 4.07. The van der Waals surface area contributed by atoms with Crippen molar-refractivity contribution >= 4 is 0 Å². The summed E-state index contributed by atoms with van der Waals surface area (Å²) in [5.74, 6) is 2.08. The molecule has 0 bridgehead atoms. The predicted octanol–water partition coefficient (Wildman–Crippen LogP) is 3.34. The van der Waals surface area contributed by atoms with Gasteiger partial charge in [-0.2, -0.15) is 5.26 Å². The molecule has 1 atom stereocenters. The lowest BCUT2D eigenvalue weighted by Gasteiger charge is -2.26. The summed E-state index contributed by atoms with van der Waals surface area (Å²) in [7, 11) is 7.72. The SMILES string of the molecule is COc1ccc(OC)c([C@H]2C(C#N)=C(N)Oc3n[nH]c(-c4cc(OC)c(OC)c(OC)c4)c32)c1. The summed E-state index contributed by atoms with van der Waals surface area (Å²) in [6.45, 7) is 0. The number of benzene rings is 2. The van der Waals surface area contributed by atoms with Crippen molar-refractivity contribution in [1.82, 2.24) is 10.2 Å². The van der Waals surface area contributed by atoms with Crippen molar-refractivity contribution < 1.29 is 28.4 Å². The van der Waals surface area contributed by atoms with Crippen LogP contribution in [0.15, 0.2) is 41.8 Å². The van der Waals surface area contributed by atoms with Gasteiger partial charge in [-0.15, -0.1) is 5.10 Å². The van der Waals surface area contributed by atoms with E-state index in [2.05, 4.69) is 16.3 Å². The minimum Gasteiger partial charge on any atom is -0.497 e. The monoisotopic (exact) mass is 464 g/mol. The lowest BCUT2D eigenvalue weighted by atomic mass is 9.82. The highest BCUT2D eigenvalue weighted by Gasteiger charge is 2.37. The lowest BCUT2D eigenvalue weighted by Crippen LogP contribution is -2.21. The Balaban J connectivity index is 2.00. The van der Waals surface area contributed by atoms with Crippen LogP contribution in [-0.2, 0) is 0 Å². The van der Waals surface area contributed by atoms with E-state index < -0.39 is 5.92 Å². The maximum absolute atomic E-state index is 10.0. The van der Waals surface area contributed by atoms with Gasteiger partial charge in [0.25, 0.3) is 0 Å². The molecular weight excluding hydrogens is 440 g/mol. The molecule has 0 fully saturated rings.